The van der Waals surface area contributed by atoms with E-state index in [2.05, 4.69) is 0 Å². The summed E-state index contributed by atoms with van der Waals surface area (Å²) >= 11 is 0. The Morgan fingerprint density at radius 3 is 2.39 bits per heavy atom. The first-order chi connectivity index (χ1) is 8.34. The molecule has 6 heteroatoms. The van der Waals surface area contributed by atoms with Crippen molar-refractivity contribution in [1.82, 2.24) is 0 Å². The van der Waals surface area contributed by atoms with Gasteiger partial charge in [-0.1, -0.05) is 0 Å². The van der Waals surface area contributed by atoms with Gasteiger partial charge in [0, 0.05) is 7.11 Å². The lowest BCUT2D eigenvalue weighted by Gasteiger charge is -2.23. The molecule has 0 bridgehead atoms. The maximum Gasteiger partial charge on any atom is 0.338 e. The molecule has 2 heterocycles. The highest BCUT2D eigenvalue weighted by atomic mass is 16.8. The molecule has 0 aromatic rings. The van der Waals surface area contributed by atoms with Gasteiger partial charge < -0.3 is 23.7 Å². The molecule has 0 aromatic carbocycles. The predicted octanol–water partition coefficient (Wildman–Crippen LogP) is 0.829. The van der Waals surface area contributed by atoms with Gasteiger partial charge in [-0.2, -0.15) is 0 Å². The van der Waals surface area contributed by atoms with E-state index >= 15 is 0 Å². The zero-order valence-electron chi connectivity index (χ0n) is 11.3. The summed E-state index contributed by atoms with van der Waals surface area (Å²) in [6.07, 6.45) is -2.51. The number of ether oxygens (including phenoxy) is 5. The Morgan fingerprint density at radius 1 is 1.22 bits per heavy atom. The van der Waals surface area contributed by atoms with E-state index in [1.165, 1.54) is 7.11 Å². The minimum Gasteiger partial charge on any atom is -0.461 e. The summed E-state index contributed by atoms with van der Waals surface area (Å²) in [5.41, 5.74) is 0. The maximum absolute atomic E-state index is 11.9. The van der Waals surface area contributed by atoms with Crippen LogP contribution in [0.15, 0.2) is 0 Å². The van der Waals surface area contributed by atoms with Crippen molar-refractivity contribution in [2.24, 2.45) is 0 Å². The predicted molar refractivity (Wildman–Crippen MR) is 60.7 cm³/mol. The van der Waals surface area contributed by atoms with Crippen LogP contribution in [0.1, 0.15) is 27.7 Å². The summed E-state index contributed by atoms with van der Waals surface area (Å²) in [6, 6.07) is 0. The summed E-state index contributed by atoms with van der Waals surface area (Å²) in [7, 11) is 1.51. The summed E-state index contributed by atoms with van der Waals surface area (Å²) in [4.78, 5) is 11.9. The fourth-order valence-corrected chi connectivity index (χ4v) is 2.24. The highest BCUT2D eigenvalue weighted by Gasteiger charge is 2.58. The van der Waals surface area contributed by atoms with E-state index in [1.807, 2.05) is 0 Å². The molecule has 4 atom stereocenters. The summed E-state index contributed by atoms with van der Waals surface area (Å²) in [6.45, 7) is 7.16. The first kappa shape index (κ1) is 13.7. The number of carbonyl (C=O) groups is 1. The molecule has 2 aliphatic rings. The Morgan fingerprint density at radius 2 is 1.83 bits per heavy atom. The first-order valence-electron chi connectivity index (χ1n) is 6.08. The van der Waals surface area contributed by atoms with Gasteiger partial charge in [-0.15, -0.1) is 0 Å². The van der Waals surface area contributed by atoms with E-state index < -0.39 is 36.4 Å². The molecule has 0 aliphatic carbocycles. The van der Waals surface area contributed by atoms with Gasteiger partial charge in [0.1, 0.15) is 12.2 Å². The van der Waals surface area contributed by atoms with Crippen LogP contribution in [0.2, 0.25) is 0 Å². The van der Waals surface area contributed by atoms with Gasteiger partial charge in [-0.25, -0.2) is 4.79 Å². The average molecular weight is 260 g/mol. The van der Waals surface area contributed by atoms with E-state index in [1.54, 1.807) is 27.7 Å². The number of rotatable bonds is 3. The standard InChI is InChI=1S/C12H20O6/c1-6(2)15-10(13)8-7-9(11(14-5)16-8)18-12(3,4)17-7/h6-9,11H,1-5H3. The van der Waals surface area contributed by atoms with Crippen LogP contribution >= 0.6 is 0 Å². The molecule has 0 amide bonds. The van der Waals surface area contributed by atoms with Gasteiger partial charge >= 0.3 is 5.97 Å². The van der Waals surface area contributed by atoms with Crippen molar-refractivity contribution in [1.29, 1.82) is 0 Å². The van der Waals surface area contributed by atoms with E-state index in [9.17, 15) is 4.79 Å². The number of fused-ring (bicyclic) bond motifs is 1. The van der Waals surface area contributed by atoms with Crippen molar-refractivity contribution in [3.63, 3.8) is 0 Å². The highest BCUT2D eigenvalue weighted by Crippen LogP contribution is 2.39. The van der Waals surface area contributed by atoms with Gasteiger partial charge in [0.15, 0.2) is 18.2 Å². The van der Waals surface area contributed by atoms with Crippen molar-refractivity contribution < 1.29 is 28.5 Å². The quantitative estimate of drug-likeness (QED) is 0.700. The van der Waals surface area contributed by atoms with Crippen LogP contribution < -0.4 is 0 Å². The Balaban J connectivity index is 2.11. The SMILES string of the molecule is COC1OC(C(=O)OC(C)C)C2OC(C)(C)OC12. The number of esters is 1. The van der Waals surface area contributed by atoms with Crippen molar-refractivity contribution in [3.05, 3.63) is 0 Å². The molecule has 0 spiro atoms. The van der Waals surface area contributed by atoms with Crippen molar-refractivity contribution >= 4 is 5.97 Å². The van der Waals surface area contributed by atoms with Gasteiger partial charge in [0.2, 0.25) is 0 Å². The number of methoxy groups -OCH3 is 1. The van der Waals surface area contributed by atoms with E-state index in [-0.39, 0.29) is 6.10 Å². The fraction of sp³-hybridized carbons (Fsp3) is 0.917. The highest BCUT2D eigenvalue weighted by molar-refractivity contribution is 5.76. The lowest BCUT2D eigenvalue weighted by atomic mass is 10.1. The molecule has 2 aliphatic heterocycles. The van der Waals surface area contributed by atoms with Crippen LogP contribution in [0.4, 0.5) is 0 Å². The minimum atomic E-state index is -0.802. The molecule has 18 heavy (non-hydrogen) atoms. The molecule has 2 fully saturated rings. The topological polar surface area (TPSA) is 63.2 Å². The minimum absolute atomic E-state index is 0.198. The largest absolute Gasteiger partial charge is 0.461 e. The molecule has 0 aromatic heterocycles. The van der Waals surface area contributed by atoms with Crippen molar-refractivity contribution in [2.45, 2.75) is 64.2 Å². The summed E-state index contributed by atoms with van der Waals surface area (Å²) in [5, 5.41) is 0. The fourth-order valence-electron chi connectivity index (χ4n) is 2.24. The van der Waals surface area contributed by atoms with Crippen LogP contribution in [0.25, 0.3) is 0 Å². The van der Waals surface area contributed by atoms with Crippen LogP contribution in [0.3, 0.4) is 0 Å². The molecule has 4 unspecified atom stereocenters. The second kappa shape index (κ2) is 4.77. The van der Waals surface area contributed by atoms with Crippen LogP contribution in [0.5, 0.6) is 0 Å². The van der Waals surface area contributed by atoms with Crippen LogP contribution in [-0.2, 0) is 28.5 Å². The average Bonchev–Trinajstić information content (AvgIpc) is 2.69. The number of hydrogen-bond donors (Lipinski definition) is 0. The van der Waals surface area contributed by atoms with Crippen LogP contribution in [0, 0.1) is 0 Å². The van der Waals surface area contributed by atoms with Gasteiger partial charge in [-0.05, 0) is 27.7 Å². The third kappa shape index (κ3) is 2.51. The monoisotopic (exact) mass is 260 g/mol. The zero-order chi connectivity index (χ0) is 13.5. The Bertz CT molecular complexity index is 327. The maximum atomic E-state index is 11.9. The zero-order valence-corrected chi connectivity index (χ0v) is 11.3. The number of carbonyl (C=O) groups excluding carboxylic acids is 1. The number of hydrogen-bond acceptors (Lipinski definition) is 6. The third-order valence-electron chi connectivity index (χ3n) is 2.83. The summed E-state index contributed by atoms with van der Waals surface area (Å²) < 4.78 is 27.2. The molecule has 0 saturated carbocycles. The normalized spacial score (nSPS) is 37.9. The smallest absolute Gasteiger partial charge is 0.338 e. The molecule has 104 valence electrons. The molecule has 6 nitrogen and oxygen atoms in total. The Labute approximate surface area is 106 Å². The van der Waals surface area contributed by atoms with E-state index in [0.29, 0.717) is 0 Å². The molecule has 2 rings (SSSR count). The van der Waals surface area contributed by atoms with Gasteiger partial charge in [0.05, 0.1) is 6.10 Å². The Hall–Kier alpha value is -0.690. The second-order valence-corrected chi connectivity index (χ2v) is 5.21. The lowest BCUT2D eigenvalue weighted by molar-refractivity contribution is -0.231. The van der Waals surface area contributed by atoms with Gasteiger partial charge in [0.25, 0.3) is 0 Å². The molecule has 0 N–H and O–H groups in total. The van der Waals surface area contributed by atoms with Crippen LogP contribution in [-0.4, -0.2) is 49.6 Å². The molecule has 2 saturated heterocycles. The van der Waals surface area contributed by atoms with E-state index in [0.717, 1.165) is 0 Å². The molecular formula is C12H20O6. The molecule has 0 radical (unpaired) electrons. The third-order valence-corrected chi connectivity index (χ3v) is 2.83. The summed E-state index contributed by atoms with van der Waals surface area (Å²) in [5.74, 6) is -1.19. The Kier molecular flexibility index (Phi) is 3.64. The van der Waals surface area contributed by atoms with Gasteiger partial charge in [-0.3, -0.25) is 0 Å². The first-order valence-corrected chi connectivity index (χ1v) is 6.08. The van der Waals surface area contributed by atoms with E-state index in [4.69, 9.17) is 23.7 Å². The lowest BCUT2D eigenvalue weighted by Crippen LogP contribution is -2.37. The molecular weight excluding hydrogens is 240 g/mol. The second-order valence-electron chi connectivity index (χ2n) is 5.21. The van der Waals surface area contributed by atoms with Crippen molar-refractivity contribution in [3.8, 4) is 0 Å². The van der Waals surface area contributed by atoms with Crippen molar-refractivity contribution in [2.75, 3.05) is 7.11 Å².